The summed E-state index contributed by atoms with van der Waals surface area (Å²) in [6, 6.07) is 7.84. The highest BCUT2D eigenvalue weighted by molar-refractivity contribution is 7.12. The molecule has 1 heterocycles. The summed E-state index contributed by atoms with van der Waals surface area (Å²) < 4.78 is 13.9. The van der Waals surface area contributed by atoms with E-state index < -0.39 is 0 Å². The van der Waals surface area contributed by atoms with E-state index in [9.17, 15) is 4.39 Å². The molecule has 1 aromatic heterocycles. The Hall–Kier alpha value is -1.19. The van der Waals surface area contributed by atoms with Gasteiger partial charge in [-0.05, 0) is 62.6 Å². The molecule has 1 aromatic carbocycles. The molecule has 108 valence electrons. The smallest absolute Gasteiger partial charge is 0.126 e. The largest absolute Gasteiger partial charge is 0.306 e. The average Bonchev–Trinajstić information content (AvgIpc) is 2.73. The normalized spacial score (nSPS) is 12.7. The van der Waals surface area contributed by atoms with Crippen LogP contribution in [0, 0.1) is 26.6 Å². The molecule has 0 saturated heterocycles. The van der Waals surface area contributed by atoms with Crippen LogP contribution in [0.15, 0.2) is 24.3 Å². The second kappa shape index (κ2) is 6.51. The third-order valence-corrected chi connectivity index (χ3v) is 4.50. The van der Waals surface area contributed by atoms with Gasteiger partial charge in [0, 0.05) is 9.75 Å². The maximum Gasteiger partial charge on any atom is 0.126 e. The van der Waals surface area contributed by atoms with Crippen LogP contribution in [0.25, 0.3) is 0 Å². The Morgan fingerprint density at radius 2 is 1.95 bits per heavy atom. The molecule has 1 N–H and O–H groups in total. The summed E-state index contributed by atoms with van der Waals surface area (Å²) >= 11 is 1.80. The van der Waals surface area contributed by atoms with Gasteiger partial charge in [-0.1, -0.05) is 19.1 Å². The maximum absolute atomic E-state index is 13.9. The average molecular weight is 291 g/mol. The van der Waals surface area contributed by atoms with Gasteiger partial charge in [-0.15, -0.1) is 11.3 Å². The molecule has 0 fully saturated rings. The topological polar surface area (TPSA) is 12.0 Å². The quantitative estimate of drug-likeness (QED) is 0.826. The molecular weight excluding hydrogens is 269 g/mol. The van der Waals surface area contributed by atoms with E-state index in [0.717, 1.165) is 18.5 Å². The van der Waals surface area contributed by atoms with Gasteiger partial charge in [0.1, 0.15) is 5.82 Å². The molecule has 0 saturated carbocycles. The van der Waals surface area contributed by atoms with E-state index in [1.165, 1.54) is 15.3 Å². The van der Waals surface area contributed by atoms with Gasteiger partial charge in [0.25, 0.3) is 0 Å². The molecule has 2 aromatic rings. The van der Waals surface area contributed by atoms with E-state index in [0.29, 0.717) is 5.56 Å². The number of hydrogen-bond acceptors (Lipinski definition) is 2. The molecular formula is C17H22FNS. The van der Waals surface area contributed by atoms with Crippen LogP contribution in [0.2, 0.25) is 0 Å². The molecule has 1 nitrogen and oxygen atoms in total. The van der Waals surface area contributed by atoms with Crippen molar-refractivity contribution < 1.29 is 4.39 Å². The molecule has 3 heteroatoms. The molecule has 0 spiro atoms. The van der Waals surface area contributed by atoms with Crippen LogP contribution in [-0.4, -0.2) is 6.54 Å². The SMILES string of the molecule is CCCNC(c1ccc(C)c(F)c1)c1cc(C)sc1C. The number of rotatable bonds is 5. The maximum atomic E-state index is 13.9. The minimum absolute atomic E-state index is 0.0787. The summed E-state index contributed by atoms with van der Waals surface area (Å²) in [5.41, 5.74) is 2.97. The number of halogens is 1. The first kappa shape index (κ1) is 15.2. The molecule has 0 radical (unpaired) electrons. The molecule has 2 rings (SSSR count). The van der Waals surface area contributed by atoms with E-state index in [2.05, 4.69) is 32.2 Å². The fourth-order valence-electron chi connectivity index (χ4n) is 2.42. The minimum Gasteiger partial charge on any atom is -0.306 e. The number of aryl methyl sites for hydroxylation is 3. The fourth-order valence-corrected chi connectivity index (χ4v) is 3.39. The summed E-state index contributed by atoms with van der Waals surface area (Å²) in [4.78, 5) is 2.60. The van der Waals surface area contributed by atoms with Gasteiger partial charge >= 0.3 is 0 Å². The summed E-state index contributed by atoms with van der Waals surface area (Å²) in [6.45, 7) is 9.12. The molecule has 1 atom stereocenters. The Morgan fingerprint density at radius 3 is 2.50 bits per heavy atom. The van der Waals surface area contributed by atoms with Gasteiger partial charge in [0.15, 0.2) is 0 Å². The van der Waals surface area contributed by atoms with Crippen molar-refractivity contribution in [2.75, 3.05) is 6.54 Å². The lowest BCUT2D eigenvalue weighted by molar-refractivity contribution is 0.582. The van der Waals surface area contributed by atoms with Crippen LogP contribution in [-0.2, 0) is 0 Å². The van der Waals surface area contributed by atoms with Crippen molar-refractivity contribution in [3.05, 3.63) is 56.5 Å². The molecule has 0 aliphatic carbocycles. The van der Waals surface area contributed by atoms with Crippen LogP contribution in [0.3, 0.4) is 0 Å². The van der Waals surface area contributed by atoms with Crippen molar-refractivity contribution in [1.82, 2.24) is 5.32 Å². The van der Waals surface area contributed by atoms with Gasteiger partial charge < -0.3 is 5.32 Å². The Balaban J connectivity index is 2.41. The lowest BCUT2D eigenvalue weighted by atomic mass is 9.97. The summed E-state index contributed by atoms with van der Waals surface area (Å²) in [6.07, 6.45) is 1.06. The van der Waals surface area contributed by atoms with Crippen LogP contribution in [0.4, 0.5) is 4.39 Å². The second-order valence-electron chi connectivity index (χ2n) is 5.26. The Kier molecular flexibility index (Phi) is 4.95. The van der Waals surface area contributed by atoms with Crippen molar-refractivity contribution in [2.24, 2.45) is 0 Å². The molecule has 0 amide bonds. The van der Waals surface area contributed by atoms with Gasteiger partial charge in [0.2, 0.25) is 0 Å². The van der Waals surface area contributed by atoms with Gasteiger partial charge in [-0.3, -0.25) is 0 Å². The third-order valence-electron chi connectivity index (χ3n) is 3.52. The highest BCUT2D eigenvalue weighted by atomic mass is 32.1. The third kappa shape index (κ3) is 3.28. The van der Waals surface area contributed by atoms with Crippen molar-refractivity contribution in [3.8, 4) is 0 Å². The molecule has 20 heavy (non-hydrogen) atoms. The van der Waals surface area contributed by atoms with Crippen LogP contribution >= 0.6 is 11.3 Å². The monoisotopic (exact) mass is 291 g/mol. The molecule has 0 aliphatic rings. The van der Waals surface area contributed by atoms with E-state index in [1.54, 1.807) is 24.3 Å². The molecule has 0 aliphatic heterocycles. The van der Waals surface area contributed by atoms with Crippen LogP contribution in [0.5, 0.6) is 0 Å². The first-order chi connectivity index (χ1) is 9.52. The van der Waals surface area contributed by atoms with Gasteiger partial charge in [-0.2, -0.15) is 0 Å². The van der Waals surface area contributed by atoms with Crippen molar-refractivity contribution in [1.29, 1.82) is 0 Å². The predicted octanol–water partition coefficient (Wildman–Crippen LogP) is 4.90. The number of nitrogens with one attached hydrogen (secondary N) is 1. The first-order valence-corrected chi connectivity index (χ1v) is 7.91. The highest BCUT2D eigenvalue weighted by Gasteiger charge is 2.18. The fraction of sp³-hybridized carbons (Fsp3) is 0.412. The zero-order chi connectivity index (χ0) is 14.7. The lowest BCUT2D eigenvalue weighted by Gasteiger charge is -2.20. The van der Waals surface area contributed by atoms with Crippen LogP contribution < -0.4 is 5.32 Å². The molecule has 1 unspecified atom stereocenters. The highest BCUT2D eigenvalue weighted by Crippen LogP contribution is 2.31. The van der Waals surface area contributed by atoms with Gasteiger partial charge in [-0.25, -0.2) is 4.39 Å². The van der Waals surface area contributed by atoms with E-state index >= 15 is 0 Å². The zero-order valence-electron chi connectivity index (χ0n) is 12.6. The van der Waals surface area contributed by atoms with E-state index in [4.69, 9.17) is 0 Å². The Labute approximate surface area is 124 Å². The minimum atomic E-state index is -0.129. The Morgan fingerprint density at radius 1 is 1.20 bits per heavy atom. The van der Waals surface area contributed by atoms with E-state index in [1.807, 2.05) is 12.1 Å². The lowest BCUT2D eigenvalue weighted by Crippen LogP contribution is -2.23. The van der Waals surface area contributed by atoms with Crippen molar-refractivity contribution >= 4 is 11.3 Å². The first-order valence-electron chi connectivity index (χ1n) is 7.09. The van der Waals surface area contributed by atoms with Crippen molar-refractivity contribution in [3.63, 3.8) is 0 Å². The second-order valence-corrected chi connectivity index (χ2v) is 6.72. The Bertz CT molecular complexity index is 589. The van der Waals surface area contributed by atoms with E-state index in [-0.39, 0.29) is 11.9 Å². The number of thiophene rings is 1. The van der Waals surface area contributed by atoms with Crippen molar-refractivity contribution in [2.45, 2.75) is 40.2 Å². The van der Waals surface area contributed by atoms with Gasteiger partial charge in [0.05, 0.1) is 6.04 Å². The number of benzene rings is 1. The summed E-state index contributed by atoms with van der Waals surface area (Å²) in [5, 5.41) is 3.54. The van der Waals surface area contributed by atoms with Crippen LogP contribution in [0.1, 0.15) is 45.8 Å². The standard InChI is InChI=1S/C17H22FNS/c1-5-8-19-17(15-9-12(3)20-13(15)4)14-7-6-11(2)16(18)10-14/h6-7,9-10,17,19H,5,8H2,1-4H3. The number of hydrogen-bond donors (Lipinski definition) is 1. The predicted molar refractivity (Wildman–Crippen MR) is 85.1 cm³/mol. The zero-order valence-corrected chi connectivity index (χ0v) is 13.4. The summed E-state index contributed by atoms with van der Waals surface area (Å²) in [7, 11) is 0. The summed E-state index contributed by atoms with van der Waals surface area (Å²) in [5.74, 6) is -0.129. The molecule has 0 bridgehead atoms.